The number of hydrogen-bond acceptors (Lipinski definition) is 10. The van der Waals surface area contributed by atoms with E-state index in [9.17, 15) is 40.7 Å². The Morgan fingerprint density at radius 2 is 1.67 bits per heavy atom. The monoisotopic (exact) mass is 742 g/mol. The summed E-state index contributed by atoms with van der Waals surface area (Å²) in [7, 11) is 1.40. The number of aromatic nitrogens is 3. The zero-order valence-electron chi connectivity index (χ0n) is 28.2. The van der Waals surface area contributed by atoms with Crippen LogP contribution in [0.1, 0.15) is 80.1 Å². The standard InChI is InChI=1S/C33H36F6N6O7/c1-4-21-16-23(28-25(9-10-26(44-28)50-3)45(21)31(49)51-5-2)42-29-40-17-24(43-30(48)52-11-7-6-8-27(46)47)22(41-29)14-18-12-19(32(34,35)36)15-20(13-18)33(37,38)39/h9-10,12-13,15,17,21,23H,4-8,11,14,16H2,1-3H3,(H,43,48)(H,46,47)(H,40,41,42)/t21-,23+/m1/s1. The summed E-state index contributed by atoms with van der Waals surface area (Å²) in [4.78, 5) is 50.9. The van der Waals surface area contributed by atoms with Gasteiger partial charge in [0.25, 0.3) is 0 Å². The van der Waals surface area contributed by atoms with Gasteiger partial charge in [-0.25, -0.2) is 24.5 Å². The Morgan fingerprint density at radius 3 is 2.27 bits per heavy atom. The Kier molecular flexibility index (Phi) is 12.7. The third-order valence-corrected chi connectivity index (χ3v) is 7.93. The molecule has 2 amide bonds. The number of benzene rings is 1. The van der Waals surface area contributed by atoms with Gasteiger partial charge in [-0.05, 0) is 62.4 Å². The lowest BCUT2D eigenvalue weighted by molar-refractivity contribution is -0.143. The van der Waals surface area contributed by atoms with E-state index in [-0.39, 0.29) is 68.2 Å². The molecule has 1 aliphatic rings. The predicted molar refractivity (Wildman–Crippen MR) is 173 cm³/mol. The van der Waals surface area contributed by atoms with Crippen molar-refractivity contribution in [3.63, 3.8) is 0 Å². The van der Waals surface area contributed by atoms with Crippen molar-refractivity contribution in [2.24, 2.45) is 0 Å². The molecule has 0 spiro atoms. The first kappa shape index (κ1) is 39.4. The van der Waals surface area contributed by atoms with Gasteiger partial charge in [0.1, 0.15) is 0 Å². The number of amides is 2. The first-order chi connectivity index (χ1) is 24.5. The summed E-state index contributed by atoms with van der Waals surface area (Å²) in [5, 5.41) is 14.3. The second-order valence-electron chi connectivity index (χ2n) is 11.6. The number of nitrogens with one attached hydrogen (secondary N) is 2. The number of carbonyl (C=O) groups excluding carboxylic acids is 2. The van der Waals surface area contributed by atoms with Crippen LogP contribution >= 0.6 is 0 Å². The number of hydrogen-bond donors (Lipinski definition) is 3. The molecule has 52 heavy (non-hydrogen) atoms. The SMILES string of the molecule is CCOC(=O)N1c2ccc(OC)nc2[C@@H](Nc2ncc(NC(=O)OCCCCC(=O)O)c(Cc3cc(C(F)(F)F)cc(C(F)(F)F)c3)n2)C[C@H]1CC. The van der Waals surface area contributed by atoms with E-state index in [1.54, 1.807) is 19.1 Å². The van der Waals surface area contributed by atoms with Gasteiger partial charge in [-0.2, -0.15) is 26.3 Å². The maximum absolute atomic E-state index is 13.7. The van der Waals surface area contributed by atoms with Gasteiger partial charge in [-0.1, -0.05) is 6.92 Å². The van der Waals surface area contributed by atoms with Crippen LogP contribution in [-0.2, 0) is 33.0 Å². The number of nitrogens with zero attached hydrogens (tertiary/aromatic N) is 4. The minimum Gasteiger partial charge on any atom is -0.481 e. The largest absolute Gasteiger partial charge is 0.481 e. The van der Waals surface area contributed by atoms with Gasteiger partial charge in [0, 0.05) is 24.9 Å². The third kappa shape index (κ3) is 10.1. The summed E-state index contributed by atoms with van der Waals surface area (Å²) in [6, 6.07) is 3.24. The molecule has 0 radical (unpaired) electrons. The molecular formula is C33H36F6N6O7. The number of carbonyl (C=O) groups is 3. The molecule has 4 rings (SSSR count). The second kappa shape index (κ2) is 16.8. The molecule has 3 heterocycles. The molecule has 19 heteroatoms. The van der Waals surface area contributed by atoms with Gasteiger partial charge in [0.2, 0.25) is 11.8 Å². The number of aliphatic carboxylic acids is 1. The van der Waals surface area contributed by atoms with Crippen molar-refractivity contribution in [1.29, 1.82) is 0 Å². The van der Waals surface area contributed by atoms with Crippen molar-refractivity contribution < 1.29 is 60.0 Å². The minimum absolute atomic E-state index is 0.00285. The molecule has 0 aliphatic carbocycles. The summed E-state index contributed by atoms with van der Waals surface area (Å²) >= 11 is 0. The molecule has 2 aromatic heterocycles. The normalized spacial score (nSPS) is 15.8. The lowest BCUT2D eigenvalue weighted by Crippen LogP contribution is -2.46. The number of methoxy groups -OCH3 is 1. The Hall–Kier alpha value is -5.36. The van der Waals surface area contributed by atoms with Gasteiger partial charge < -0.3 is 24.6 Å². The van der Waals surface area contributed by atoms with Crippen LogP contribution in [0.3, 0.4) is 0 Å². The number of alkyl halides is 6. The van der Waals surface area contributed by atoms with Gasteiger partial charge in [0.05, 0.1) is 66.5 Å². The average molecular weight is 743 g/mol. The highest BCUT2D eigenvalue weighted by Crippen LogP contribution is 2.41. The zero-order chi connectivity index (χ0) is 38.2. The summed E-state index contributed by atoms with van der Waals surface area (Å²) in [5.41, 5.74) is -3.06. The molecular weight excluding hydrogens is 706 g/mol. The van der Waals surface area contributed by atoms with E-state index in [1.807, 2.05) is 6.92 Å². The number of anilines is 3. The highest BCUT2D eigenvalue weighted by Gasteiger charge is 2.39. The maximum atomic E-state index is 13.7. The van der Waals surface area contributed by atoms with Crippen molar-refractivity contribution >= 4 is 35.5 Å². The van der Waals surface area contributed by atoms with E-state index in [0.717, 1.165) is 6.20 Å². The Balaban J connectivity index is 1.72. The number of pyridine rings is 1. The highest BCUT2D eigenvalue weighted by atomic mass is 19.4. The fraction of sp³-hybridized carbons (Fsp3) is 0.455. The number of ether oxygens (including phenoxy) is 3. The van der Waals surface area contributed by atoms with E-state index in [4.69, 9.17) is 19.3 Å². The lowest BCUT2D eigenvalue weighted by atomic mass is 9.93. The molecule has 13 nitrogen and oxygen atoms in total. The van der Waals surface area contributed by atoms with E-state index in [0.29, 0.717) is 29.9 Å². The fourth-order valence-corrected chi connectivity index (χ4v) is 5.51. The first-order valence-electron chi connectivity index (χ1n) is 16.1. The van der Waals surface area contributed by atoms with Crippen LogP contribution in [0, 0.1) is 0 Å². The van der Waals surface area contributed by atoms with E-state index in [1.165, 1.54) is 12.0 Å². The van der Waals surface area contributed by atoms with E-state index < -0.39 is 65.7 Å². The predicted octanol–water partition coefficient (Wildman–Crippen LogP) is 7.61. The highest BCUT2D eigenvalue weighted by molar-refractivity contribution is 5.90. The summed E-state index contributed by atoms with van der Waals surface area (Å²) in [6.45, 7) is 3.48. The summed E-state index contributed by atoms with van der Waals surface area (Å²) < 4.78 is 97.6. The molecule has 1 aromatic carbocycles. The van der Waals surface area contributed by atoms with E-state index in [2.05, 4.69) is 25.6 Å². The second-order valence-corrected chi connectivity index (χ2v) is 11.6. The fourth-order valence-electron chi connectivity index (χ4n) is 5.51. The number of halogens is 6. The Bertz CT molecular complexity index is 1720. The molecule has 1 aliphatic heterocycles. The molecule has 2 atom stereocenters. The number of carboxylic acids is 1. The number of rotatable bonds is 13. The van der Waals surface area contributed by atoms with Crippen molar-refractivity contribution in [2.45, 2.75) is 76.8 Å². The number of fused-ring (bicyclic) bond motifs is 1. The van der Waals surface area contributed by atoms with Crippen molar-refractivity contribution in [3.05, 3.63) is 64.6 Å². The smallest absolute Gasteiger partial charge is 0.416 e. The third-order valence-electron chi connectivity index (χ3n) is 7.93. The molecule has 0 unspecified atom stereocenters. The van der Waals surface area contributed by atoms with Crippen molar-refractivity contribution in [2.75, 3.05) is 35.9 Å². The summed E-state index contributed by atoms with van der Waals surface area (Å²) in [6.07, 6.45) is -10.3. The van der Waals surface area contributed by atoms with Crippen LogP contribution in [0.2, 0.25) is 0 Å². The number of carboxylic acid groups (broad SMARTS) is 1. The van der Waals surface area contributed by atoms with Gasteiger partial charge >= 0.3 is 30.5 Å². The van der Waals surface area contributed by atoms with Gasteiger partial charge in [-0.3, -0.25) is 15.0 Å². The van der Waals surface area contributed by atoms with Crippen LogP contribution in [0.5, 0.6) is 5.88 Å². The molecule has 0 bridgehead atoms. The average Bonchev–Trinajstić information content (AvgIpc) is 3.07. The van der Waals surface area contributed by atoms with Crippen LogP contribution in [0.4, 0.5) is 53.3 Å². The molecule has 0 fully saturated rings. The maximum Gasteiger partial charge on any atom is 0.416 e. The van der Waals surface area contributed by atoms with Crippen molar-refractivity contribution in [1.82, 2.24) is 15.0 Å². The van der Waals surface area contributed by atoms with Crippen LogP contribution in [0.25, 0.3) is 0 Å². The zero-order valence-corrected chi connectivity index (χ0v) is 28.2. The first-order valence-corrected chi connectivity index (χ1v) is 16.1. The Labute approximate surface area is 293 Å². The minimum atomic E-state index is -5.10. The van der Waals surface area contributed by atoms with Crippen LogP contribution < -0.4 is 20.3 Å². The lowest BCUT2D eigenvalue weighted by Gasteiger charge is -2.39. The van der Waals surface area contributed by atoms with Gasteiger partial charge in [-0.15, -0.1) is 0 Å². The molecule has 3 N–H and O–H groups in total. The number of unbranched alkanes of at least 4 members (excludes halogenated alkanes) is 1. The molecule has 282 valence electrons. The van der Waals surface area contributed by atoms with Crippen LogP contribution in [0.15, 0.2) is 36.5 Å². The van der Waals surface area contributed by atoms with Gasteiger partial charge in [0.15, 0.2) is 0 Å². The molecule has 0 saturated heterocycles. The molecule has 0 saturated carbocycles. The van der Waals surface area contributed by atoms with Crippen LogP contribution in [-0.4, -0.2) is 64.6 Å². The Morgan fingerprint density at radius 1 is 0.981 bits per heavy atom. The van der Waals surface area contributed by atoms with Crippen molar-refractivity contribution in [3.8, 4) is 5.88 Å². The topological polar surface area (TPSA) is 165 Å². The summed E-state index contributed by atoms with van der Waals surface area (Å²) in [5.74, 6) is -0.932. The molecule has 3 aromatic rings. The quantitative estimate of drug-likeness (QED) is 0.117. The van der Waals surface area contributed by atoms with E-state index >= 15 is 0 Å².